The normalized spacial score (nSPS) is 17.6. The molecule has 0 aromatic heterocycles. The molecule has 0 bridgehead atoms. The maximum absolute atomic E-state index is 13.3. The first-order valence-corrected chi connectivity index (χ1v) is 9.52. The summed E-state index contributed by atoms with van der Waals surface area (Å²) in [5.74, 6) is 3.09. The molecule has 0 aliphatic carbocycles. The third-order valence-electron chi connectivity index (χ3n) is 5.63. The topological polar surface area (TPSA) is 66.5 Å². The van der Waals surface area contributed by atoms with Crippen molar-refractivity contribution in [3.63, 3.8) is 0 Å². The summed E-state index contributed by atoms with van der Waals surface area (Å²) < 4.78 is 27.6. The highest BCUT2D eigenvalue weighted by molar-refractivity contribution is 5.99. The molecule has 2 aromatic rings. The third-order valence-corrected chi connectivity index (χ3v) is 5.63. The van der Waals surface area contributed by atoms with E-state index in [4.69, 9.17) is 23.7 Å². The van der Waals surface area contributed by atoms with E-state index in [0.29, 0.717) is 34.3 Å². The number of carbonyl (C=O) groups excluding carboxylic acids is 1. The summed E-state index contributed by atoms with van der Waals surface area (Å²) >= 11 is 0. The molecule has 0 spiro atoms. The predicted molar refractivity (Wildman–Crippen MR) is 107 cm³/mol. The molecule has 154 valence electrons. The minimum atomic E-state index is -0.147. The number of benzene rings is 2. The minimum absolute atomic E-state index is 0.0230. The lowest BCUT2D eigenvalue weighted by Gasteiger charge is -2.35. The largest absolute Gasteiger partial charge is 0.497 e. The first-order valence-electron chi connectivity index (χ1n) is 9.52. The van der Waals surface area contributed by atoms with Crippen LogP contribution >= 0.6 is 0 Å². The van der Waals surface area contributed by atoms with Crippen molar-refractivity contribution in [1.29, 1.82) is 0 Å². The SMILES string of the molecule is COc1ccc(OC)c(C(=O)C[C@@H]2c3c(cc4c(c3OC)OCO4)CCN2C)c1. The fourth-order valence-electron chi connectivity index (χ4n) is 4.10. The highest BCUT2D eigenvalue weighted by Gasteiger charge is 2.35. The Morgan fingerprint density at radius 1 is 1.14 bits per heavy atom. The number of carbonyl (C=O) groups is 1. The lowest BCUT2D eigenvalue weighted by Crippen LogP contribution is -2.34. The van der Waals surface area contributed by atoms with Gasteiger partial charge >= 0.3 is 0 Å². The van der Waals surface area contributed by atoms with Crippen LogP contribution in [0.25, 0.3) is 0 Å². The summed E-state index contributed by atoms with van der Waals surface area (Å²) in [7, 11) is 6.78. The van der Waals surface area contributed by atoms with Gasteiger partial charge in [-0.2, -0.15) is 0 Å². The molecule has 2 aromatic carbocycles. The summed E-state index contributed by atoms with van der Waals surface area (Å²) in [6.45, 7) is 1.01. The maximum atomic E-state index is 13.3. The van der Waals surface area contributed by atoms with E-state index in [9.17, 15) is 4.79 Å². The molecule has 4 rings (SSSR count). The van der Waals surface area contributed by atoms with Gasteiger partial charge in [0.2, 0.25) is 12.5 Å². The van der Waals surface area contributed by atoms with E-state index < -0.39 is 0 Å². The Hall–Kier alpha value is -2.93. The van der Waals surface area contributed by atoms with Crippen molar-refractivity contribution in [1.82, 2.24) is 4.90 Å². The molecule has 1 atom stereocenters. The highest BCUT2D eigenvalue weighted by Crippen LogP contribution is 2.50. The zero-order chi connectivity index (χ0) is 20.5. The molecule has 0 radical (unpaired) electrons. The number of ketones is 1. The third kappa shape index (κ3) is 3.35. The number of Topliss-reactive ketones (excluding diaryl/α,β-unsaturated/α-hetero) is 1. The number of hydrogen-bond donors (Lipinski definition) is 0. The Balaban J connectivity index is 1.73. The number of rotatable bonds is 6. The van der Waals surface area contributed by atoms with E-state index in [2.05, 4.69) is 4.90 Å². The summed E-state index contributed by atoms with van der Waals surface area (Å²) in [5.41, 5.74) is 2.62. The Kier molecular flexibility index (Phi) is 5.24. The summed E-state index contributed by atoms with van der Waals surface area (Å²) in [5, 5.41) is 0. The predicted octanol–water partition coefficient (Wildman–Crippen LogP) is 3.24. The molecule has 7 heteroatoms. The Bertz CT molecular complexity index is 941. The second-order valence-electron chi connectivity index (χ2n) is 7.16. The van der Waals surface area contributed by atoms with Gasteiger partial charge in [0.15, 0.2) is 17.3 Å². The van der Waals surface area contributed by atoms with Gasteiger partial charge in [-0.3, -0.25) is 9.69 Å². The van der Waals surface area contributed by atoms with Crippen LogP contribution in [0.1, 0.15) is 33.9 Å². The monoisotopic (exact) mass is 399 g/mol. The molecule has 0 fully saturated rings. The van der Waals surface area contributed by atoms with Crippen LogP contribution in [0.15, 0.2) is 24.3 Å². The second kappa shape index (κ2) is 7.83. The van der Waals surface area contributed by atoms with Gasteiger partial charge in [-0.1, -0.05) is 0 Å². The molecule has 29 heavy (non-hydrogen) atoms. The maximum Gasteiger partial charge on any atom is 0.231 e. The van der Waals surface area contributed by atoms with Crippen molar-refractivity contribution in [2.75, 3.05) is 41.7 Å². The van der Waals surface area contributed by atoms with Crippen LogP contribution in [0.5, 0.6) is 28.7 Å². The molecule has 2 heterocycles. The van der Waals surface area contributed by atoms with Crippen LogP contribution in [-0.4, -0.2) is 52.4 Å². The molecule has 7 nitrogen and oxygen atoms in total. The molecule has 0 N–H and O–H groups in total. The molecule has 0 saturated carbocycles. The Morgan fingerprint density at radius 2 is 1.97 bits per heavy atom. The highest BCUT2D eigenvalue weighted by atomic mass is 16.7. The van der Waals surface area contributed by atoms with Gasteiger partial charge in [-0.25, -0.2) is 0 Å². The van der Waals surface area contributed by atoms with Crippen molar-refractivity contribution in [3.05, 3.63) is 41.0 Å². The first kappa shape index (κ1) is 19.4. The zero-order valence-electron chi connectivity index (χ0n) is 17.1. The van der Waals surface area contributed by atoms with E-state index in [1.807, 2.05) is 13.1 Å². The lowest BCUT2D eigenvalue weighted by atomic mass is 9.87. The number of ether oxygens (including phenoxy) is 5. The van der Waals surface area contributed by atoms with Gasteiger partial charge in [0.05, 0.1) is 26.9 Å². The van der Waals surface area contributed by atoms with Crippen LogP contribution in [0.2, 0.25) is 0 Å². The minimum Gasteiger partial charge on any atom is -0.497 e. The average Bonchev–Trinajstić information content (AvgIpc) is 3.21. The lowest BCUT2D eigenvalue weighted by molar-refractivity contribution is 0.0922. The molecule has 0 amide bonds. The van der Waals surface area contributed by atoms with E-state index in [0.717, 1.165) is 24.1 Å². The van der Waals surface area contributed by atoms with E-state index >= 15 is 0 Å². The number of nitrogens with zero attached hydrogens (tertiary/aromatic N) is 1. The van der Waals surface area contributed by atoms with Gasteiger partial charge in [0.25, 0.3) is 0 Å². The van der Waals surface area contributed by atoms with Crippen LogP contribution < -0.4 is 23.7 Å². The molecule has 0 saturated heterocycles. The Labute approximate surface area is 170 Å². The smallest absolute Gasteiger partial charge is 0.231 e. The first-order chi connectivity index (χ1) is 14.1. The summed E-state index contributed by atoms with van der Waals surface area (Å²) in [4.78, 5) is 15.5. The number of hydrogen-bond acceptors (Lipinski definition) is 7. The van der Waals surface area contributed by atoms with Gasteiger partial charge in [-0.05, 0) is 43.3 Å². The molecule has 2 aliphatic rings. The number of methoxy groups -OCH3 is 3. The van der Waals surface area contributed by atoms with Crippen molar-refractivity contribution >= 4 is 5.78 Å². The van der Waals surface area contributed by atoms with Crippen molar-refractivity contribution in [2.24, 2.45) is 0 Å². The van der Waals surface area contributed by atoms with E-state index in [1.165, 1.54) is 0 Å². The number of likely N-dealkylation sites (N-methyl/N-ethyl adjacent to an activating group) is 1. The fraction of sp³-hybridized carbons (Fsp3) is 0.409. The van der Waals surface area contributed by atoms with Crippen molar-refractivity contribution in [2.45, 2.75) is 18.9 Å². The van der Waals surface area contributed by atoms with Gasteiger partial charge in [0, 0.05) is 24.6 Å². The van der Waals surface area contributed by atoms with E-state index in [-0.39, 0.29) is 25.0 Å². The van der Waals surface area contributed by atoms with Crippen molar-refractivity contribution in [3.8, 4) is 28.7 Å². The average molecular weight is 399 g/mol. The Morgan fingerprint density at radius 3 is 2.69 bits per heavy atom. The van der Waals surface area contributed by atoms with Crippen LogP contribution in [0.3, 0.4) is 0 Å². The number of fused-ring (bicyclic) bond motifs is 2. The fourth-order valence-corrected chi connectivity index (χ4v) is 4.10. The second-order valence-corrected chi connectivity index (χ2v) is 7.16. The van der Waals surface area contributed by atoms with Gasteiger partial charge in [0.1, 0.15) is 11.5 Å². The van der Waals surface area contributed by atoms with Gasteiger partial charge in [-0.15, -0.1) is 0 Å². The molecular formula is C22H25NO6. The summed E-state index contributed by atoms with van der Waals surface area (Å²) in [6, 6.07) is 7.12. The standard InChI is InChI=1S/C22H25NO6/c1-23-8-7-13-9-19-21(29-12-28-19)22(27-4)20(13)16(23)11-17(24)15-10-14(25-2)5-6-18(15)26-3/h5-6,9-10,16H,7-8,11-12H2,1-4H3/t16-/m1/s1. The summed E-state index contributed by atoms with van der Waals surface area (Å²) in [6.07, 6.45) is 1.13. The van der Waals surface area contributed by atoms with Crippen LogP contribution in [0, 0.1) is 0 Å². The molecular weight excluding hydrogens is 374 g/mol. The zero-order valence-corrected chi connectivity index (χ0v) is 17.1. The van der Waals surface area contributed by atoms with Crippen LogP contribution in [-0.2, 0) is 6.42 Å². The van der Waals surface area contributed by atoms with Gasteiger partial charge < -0.3 is 23.7 Å². The van der Waals surface area contributed by atoms with Crippen LogP contribution in [0.4, 0.5) is 0 Å². The van der Waals surface area contributed by atoms with Crippen molar-refractivity contribution < 1.29 is 28.5 Å². The van der Waals surface area contributed by atoms with E-state index in [1.54, 1.807) is 39.5 Å². The molecule has 2 aliphatic heterocycles. The molecule has 0 unspecified atom stereocenters. The quantitative estimate of drug-likeness (QED) is 0.691.